The van der Waals surface area contributed by atoms with E-state index in [0.717, 1.165) is 23.0 Å². The van der Waals surface area contributed by atoms with E-state index in [0.29, 0.717) is 0 Å². The average Bonchev–Trinajstić information content (AvgIpc) is 2.08. The number of aliphatic hydroxyl groups is 2. The molecule has 0 rings (SSSR count). The molecule has 2 N–H and O–H groups in total. The second kappa shape index (κ2) is 10.1. The lowest BCUT2D eigenvalue weighted by molar-refractivity contribution is 0.220. The zero-order chi connectivity index (χ0) is 10.8. The topological polar surface area (TPSA) is 40.5 Å². The SMILES string of the molecule is CC(O)CSCCCCSCC(C)O. The van der Waals surface area contributed by atoms with Gasteiger partial charge in [0.15, 0.2) is 0 Å². The quantitative estimate of drug-likeness (QED) is 0.603. The van der Waals surface area contributed by atoms with Gasteiger partial charge in [0, 0.05) is 11.5 Å². The minimum absolute atomic E-state index is 0.176. The number of rotatable bonds is 9. The van der Waals surface area contributed by atoms with Gasteiger partial charge in [0.1, 0.15) is 0 Å². The third kappa shape index (κ3) is 12.6. The predicted octanol–water partition coefficient (Wildman–Crippen LogP) is 1.99. The molecular formula is C10H22O2S2. The first kappa shape index (κ1) is 14.6. The van der Waals surface area contributed by atoms with Gasteiger partial charge in [0.2, 0.25) is 0 Å². The fraction of sp³-hybridized carbons (Fsp3) is 1.00. The Bertz CT molecular complexity index is 105. The van der Waals surface area contributed by atoms with Crippen LogP contribution in [0.15, 0.2) is 0 Å². The van der Waals surface area contributed by atoms with Crippen LogP contribution in [0.5, 0.6) is 0 Å². The van der Waals surface area contributed by atoms with Crippen LogP contribution in [0.3, 0.4) is 0 Å². The number of hydrogen-bond donors (Lipinski definition) is 2. The Balaban J connectivity index is 2.92. The standard InChI is InChI=1S/C10H22O2S2/c1-9(11)7-13-5-3-4-6-14-8-10(2)12/h9-12H,3-8H2,1-2H3. The molecule has 2 atom stereocenters. The van der Waals surface area contributed by atoms with Crippen LogP contribution in [0.4, 0.5) is 0 Å². The van der Waals surface area contributed by atoms with Gasteiger partial charge in [-0.3, -0.25) is 0 Å². The van der Waals surface area contributed by atoms with E-state index in [1.807, 2.05) is 37.4 Å². The van der Waals surface area contributed by atoms with Crippen molar-refractivity contribution in [1.82, 2.24) is 0 Å². The molecule has 0 aliphatic carbocycles. The maximum Gasteiger partial charge on any atom is 0.0602 e. The van der Waals surface area contributed by atoms with E-state index in [4.69, 9.17) is 10.2 Å². The van der Waals surface area contributed by atoms with Crippen LogP contribution in [-0.2, 0) is 0 Å². The Morgan fingerprint density at radius 1 is 0.857 bits per heavy atom. The minimum atomic E-state index is -0.176. The molecule has 0 radical (unpaired) electrons. The first-order valence-corrected chi connectivity index (χ1v) is 7.45. The van der Waals surface area contributed by atoms with Gasteiger partial charge in [-0.25, -0.2) is 0 Å². The zero-order valence-electron chi connectivity index (χ0n) is 9.11. The van der Waals surface area contributed by atoms with Gasteiger partial charge in [-0.05, 0) is 38.2 Å². The van der Waals surface area contributed by atoms with Crippen molar-refractivity contribution in [3.8, 4) is 0 Å². The molecule has 14 heavy (non-hydrogen) atoms. The summed E-state index contributed by atoms with van der Waals surface area (Å²) in [6.45, 7) is 3.65. The normalized spacial score (nSPS) is 15.4. The van der Waals surface area contributed by atoms with E-state index < -0.39 is 0 Å². The molecule has 0 aliphatic heterocycles. The number of unbranched alkanes of at least 4 members (excludes halogenated alkanes) is 1. The van der Waals surface area contributed by atoms with Crippen molar-refractivity contribution >= 4 is 23.5 Å². The first-order valence-electron chi connectivity index (χ1n) is 5.14. The Kier molecular flexibility index (Phi) is 10.6. The van der Waals surface area contributed by atoms with Gasteiger partial charge in [-0.1, -0.05) is 0 Å². The van der Waals surface area contributed by atoms with Crippen LogP contribution in [0.2, 0.25) is 0 Å². The van der Waals surface area contributed by atoms with Gasteiger partial charge in [0.05, 0.1) is 12.2 Å². The molecule has 0 saturated carbocycles. The maximum atomic E-state index is 9.00. The smallest absolute Gasteiger partial charge is 0.0602 e. The zero-order valence-corrected chi connectivity index (χ0v) is 10.7. The van der Waals surface area contributed by atoms with Crippen molar-refractivity contribution in [2.75, 3.05) is 23.0 Å². The third-order valence-electron chi connectivity index (χ3n) is 1.55. The second-order valence-electron chi connectivity index (χ2n) is 3.55. The molecule has 0 aromatic rings. The van der Waals surface area contributed by atoms with Crippen LogP contribution in [0.1, 0.15) is 26.7 Å². The lowest BCUT2D eigenvalue weighted by atomic mass is 10.4. The molecule has 0 aromatic heterocycles. The second-order valence-corrected chi connectivity index (χ2v) is 5.85. The highest BCUT2D eigenvalue weighted by molar-refractivity contribution is 7.99. The lowest BCUT2D eigenvalue weighted by Gasteiger charge is -2.05. The van der Waals surface area contributed by atoms with E-state index >= 15 is 0 Å². The summed E-state index contributed by atoms with van der Waals surface area (Å²) >= 11 is 3.63. The summed E-state index contributed by atoms with van der Waals surface area (Å²) in [6.07, 6.45) is 2.07. The first-order chi connectivity index (χ1) is 6.63. The Labute approximate surface area is 95.9 Å². The Morgan fingerprint density at radius 3 is 1.50 bits per heavy atom. The lowest BCUT2D eigenvalue weighted by Crippen LogP contribution is -2.04. The Morgan fingerprint density at radius 2 is 1.21 bits per heavy atom. The van der Waals surface area contributed by atoms with Gasteiger partial charge in [0.25, 0.3) is 0 Å². The minimum Gasteiger partial charge on any atom is -0.393 e. The molecule has 0 bridgehead atoms. The number of aliphatic hydroxyl groups excluding tert-OH is 2. The summed E-state index contributed by atoms with van der Waals surface area (Å²) in [4.78, 5) is 0. The van der Waals surface area contributed by atoms with Gasteiger partial charge >= 0.3 is 0 Å². The molecule has 2 unspecified atom stereocenters. The van der Waals surface area contributed by atoms with E-state index in [-0.39, 0.29) is 12.2 Å². The third-order valence-corrected chi connectivity index (χ3v) is 4.14. The van der Waals surface area contributed by atoms with Crippen molar-refractivity contribution in [1.29, 1.82) is 0 Å². The van der Waals surface area contributed by atoms with E-state index in [2.05, 4.69) is 0 Å². The molecule has 0 spiro atoms. The molecule has 0 amide bonds. The molecule has 0 heterocycles. The molecule has 2 nitrogen and oxygen atoms in total. The summed E-state index contributed by atoms with van der Waals surface area (Å²) < 4.78 is 0. The highest BCUT2D eigenvalue weighted by atomic mass is 32.2. The monoisotopic (exact) mass is 238 g/mol. The fourth-order valence-electron chi connectivity index (χ4n) is 0.916. The summed E-state index contributed by atoms with van der Waals surface area (Å²) in [5.74, 6) is 3.97. The van der Waals surface area contributed by atoms with Crippen LogP contribution in [0, 0.1) is 0 Å². The van der Waals surface area contributed by atoms with Crippen molar-refractivity contribution in [2.24, 2.45) is 0 Å². The maximum absolute atomic E-state index is 9.00. The van der Waals surface area contributed by atoms with Gasteiger partial charge in [-0.2, -0.15) is 23.5 Å². The van der Waals surface area contributed by atoms with E-state index in [1.165, 1.54) is 12.8 Å². The summed E-state index contributed by atoms with van der Waals surface area (Å²) in [6, 6.07) is 0. The van der Waals surface area contributed by atoms with Crippen LogP contribution >= 0.6 is 23.5 Å². The van der Waals surface area contributed by atoms with Gasteiger partial charge < -0.3 is 10.2 Å². The summed E-state index contributed by atoms with van der Waals surface area (Å²) in [5, 5.41) is 18.0. The Hall–Kier alpha value is 0.620. The molecule has 0 fully saturated rings. The number of hydrogen-bond acceptors (Lipinski definition) is 4. The molecule has 0 aromatic carbocycles. The highest BCUT2D eigenvalue weighted by Crippen LogP contribution is 2.10. The summed E-state index contributed by atoms with van der Waals surface area (Å²) in [7, 11) is 0. The number of thioether (sulfide) groups is 2. The van der Waals surface area contributed by atoms with Gasteiger partial charge in [-0.15, -0.1) is 0 Å². The van der Waals surface area contributed by atoms with E-state index in [9.17, 15) is 0 Å². The van der Waals surface area contributed by atoms with Crippen LogP contribution < -0.4 is 0 Å². The molecule has 4 heteroatoms. The van der Waals surface area contributed by atoms with Crippen molar-refractivity contribution in [3.63, 3.8) is 0 Å². The van der Waals surface area contributed by atoms with Crippen molar-refractivity contribution < 1.29 is 10.2 Å². The largest absolute Gasteiger partial charge is 0.393 e. The van der Waals surface area contributed by atoms with Crippen LogP contribution in [0.25, 0.3) is 0 Å². The molecule has 0 saturated heterocycles. The molecule has 0 aliphatic rings. The predicted molar refractivity (Wildman–Crippen MR) is 67.2 cm³/mol. The molecule has 86 valence electrons. The van der Waals surface area contributed by atoms with Crippen LogP contribution in [-0.4, -0.2) is 45.4 Å². The fourth-order valence-corrected chi connectivity index (χ4v) is 2.75. The summed E-state index contributed by atoms with van der Waals surface area (Å²) in [5.41, 5.74) is 0. The van der Waals surface area contributed by atoms with E-state index in [1.54, 1.807) is 0 Å². The molecular weight excluding hydrogens is 216 g/mol. The average molecular weight is 238 g/mol. The van der Waals surface area contributed by atoms with Crippen molar-refractivity contribution in [3.05, 3.63) is 0 Å². The highest BCUT2D eigenvalue weighted by Gasteiger charge is 1.97. The van der Waals surface area contributed by atoms with Crippen molar-refractivity contribution in [2.45, 2.75) is 38.9 Å².